The number of aromatic nitrogens is 3. The largest absolute Gasteiger partial charge is 0.355 e. The van der Waals surface area contributed by atoms with Crippen LogP contribution < -0.4 is 10.9 Å². The summed E-state index contributed by atoms with van der Waals surface area (Å²) >= 11 is 0. The maximum absolute atomic E-state index is 13.7. The molecule has 6 nitrogen and oxygen atoms in total. The average Bonchev–Trinajstić information content (AvgIpc) is 2.96. The van der Waals surface area contributed by atoms with Gasteiger partial charge in [-0.05, 0) is 44.0 Å². The number of aryl methyl sites for hydroxylation is 2. The van der Waals surface area contributed by atoms with Gasteiger partial charge in [-0.1, -0.05) is 19.4 Å². The van der Waals surface area contributed by atoms with Gasteiger partial charge in [-0.25, -0.2) is 9.07 Å². The van der Waals surface area contributed by atoms with Gasteiger partial charge in [0.2, 0.25) is 5.91 Å². The van der Waals surface area contributed by atoms with Crippen LogP contribution in [0.15, 0.2) is 35.1 Å². The van der Waals surface area contributed by atoms with E-state index in [9.17, 15) is 14.0 Å². The number of carbonyl (C=O) groups excluding carboxylic acids is 1. The molecule has 7 heteroatoms. The Kier molecular flexibility index (Phi) is 5.39. The average molecular weight is 370 g/mol. The molecule has 1 amide bonds. The molecular formula is C20H23FN4O2. The maximum atomic E-state index is 13.7. The van der Waals surface area contributed by atoms with E-state index in [0.717, 1.165) is 23.8 Å². The molecule has 0 saturated carbocycles. The lowest BCUT2D eigenvalue weighted by atomic mass is 10.1. The maximum Gasteiger partial charge on any atom is 0.252 e. The number of unbranched alkanes of at least 4 members (excludes halogenated alkanes) is 1. The number of rotatable bonds is 6. The molecule has 0 radical (unpaired) electrons. The standard InChI is InChI=1S/C20H23FN4O2/c1-4-5-9-22-17(26)12-24-18(27)10-13(2)19-14(3)23-25(20(19)24)16-8-6-7-15(21)11-16/h6-8,10-11H,4-5,9,12H2,1-3H3,(H,22,26). The topological polar surface area (TPSA) is 68.9 Å². The minimum Gasteiger partial charge on any atom is -0.355 e. The van der Waals surface area contributed by atoms with Crippen LogP contribution in [0.5, 0.6) is 0 Å². The normalized spacial score (nSPS) is 11.1. The van der Waals surface area contributed by atoms with Crippen LogP contribution in [-0.2, 0) is 11.3 Å². The van der Waals surface area contributed by atoms with Gasteiger partial charge in [0.1, 0.15) is 18.0 Å². The summed E-state index contributed by atoms with van der Waals surface area (Å²) in [6, 6.07) is 7.51. The van der Waals surface area contributed by atoms with E-state index in [1.165, 1.54) is 27.4 Å². The van der Waals surface area contributed by atoms with Gasteiger partial charge in [0.05, 0.1) is 11.4 Å². The minimum absolute atomic E-state index is 0.111. The lowest BCUT2D eigenvalue weighted by molar-refractivity contribution is -0.121. The molecule has 0 fully saturated rings. The van der Waals surface area contributed by atoms with Crippen molar-refractivity contribution in [1.29, 1.82) is 0 Å². The van der Waals surface area contributed by atoms with Gasteiger partial charge in [-0.2, -0.15) is 5.10 Å². The summed E-state index contributed by atoms with van der Waals surface area (Å²) in [5, 5.41) is 8.12. The molecule has 3 rings (SSSR count). The van der Waals surface area contributed by atoms with Crippen LogP contribution in [0.1, 0.15) is 31.0 Å². The molecule has 2 heterocycles. The van der Waals surface area contributed by atoms with E-state index < -0.39 is 5.82 Å². The van der Waals surface area contributed by atoms with Crippen LogP contribution in [0.3, 0.4) is 0 Å². The Labute approximate surface area is 156 Å². The van der Waals surface area contributed by atoms with Crippen LogP contribution >= 0.6 is 0 Å². The van der Waals surface area contributed by atoms with Crippen molar-refractivity contribution in [1.82, 2.24) is 19.7 Å². The first kappa shape index (κ1) is 18.8. The summed E-state index contributed by atoms with van der Waals surface area (Å²) in [4.78, 5) is 25.0. The highest BCUT2D eigenvalue weighted by Gasteiger charge is 2.18. The molecular weight excluding hydrogens is 347 g/mol. The molecule has 0 aliphatic rings. The van der Waals surface area contributed by atoms with E-state index in [2.05, 4.69) is 10.4 Å². The van der Waals surface area contributed by atoms with Crippen molar-refractivity contribution < 1.29 is 9.18 Å². The molecule has 1 N–H and O–H groups in total. The summed E-state index contributed by atoms with van der Waals surface area (Å²) in [7, 11) is 0. The predicted molar refractivity (Wildman–Crippen MR) is 103 cm³/mol. The fourth-order valence-corrected chi connectivity index (χ4v) is 3.21. The molecule has 3 aromatic rings. The van der Waals surface area contributed by atoms with Gasteiger partial charge in [0.15, 0.2) is 0 Å². The predicted octanol–water partition coefficient (Wildman–Crippen LogP) is 2.86. The Hall–Kier alpha value is -2.96. The Morgan fingerprint density at radius 3 is 2.74 bits per heavy atom. The van der Waals surface area contributed by atoms with Gasteiger partial charge >= 0.3 is 0 Å². The molecule has 0 unspecified atom stereocenters. The summed E-state index contributed by atoms with van der Waals surface area (Å²) < 4.78 is 16.7. The molecule has 0 atom stereocenters. The zero-order valence-corrected chi connectivity index (χ0v) is 15.8. The number of nitrogens with zero attached hydrogens (tertiary/aromatic N) is 3. The number of benzene rings is 1. The molecule has 0 aliphatic carbocycles. The molecule has 27 heavy (non-hydrogen) atoms. The zero-order chi connectivity index (χ0) is 19.6. The van der Waals surface area contributed by atoms with Gasteiger partial charge in [-0.3, -0.25) is 14.2 Å². The Morgan fingerprint density at radius 1 is 1.26 bits per heavy atom. The molecule has 142 valence electrons. The van der Waals surface area contributed by atoms with Crippen molar-refractivity contribution in [2.75, 3.05) is 6.54 Å². The first-order chi connectivity index (χ1) is 12.9. The second kappa shape index (κ2) is 7.73. The lowest BCUT2D eigenvalue weighted by Crippen LogP contribution is -2.33. The number of carbonyl (C=O) groups is 1. The summed E-state index contributed by atoms with van der Waals surface area (Å²) in [6.45, 7) is 6.17. The number of pyridine rings is 1. The van der Waals surface area contributed by atoms with Crippen molar-refractivity contribution in [3.05, 3.63) is 57.8 Å². The van der Waals surface area contributed by atoms with Gasteiger partial charge in [-0.15, -0.1) is 0 Å². The van der Waals surface area contributed by atoms with E-state index in [1.807, 2.05) is 20.8 Å². The summed E-state index contributed by atoms with van der Waals surface area (Å²) in [5.74, 6) is -0.631. The van der Waals surface area contributed by atoms with Gasteiger partial charge < -0.3 is 5.32 Å². The highest BCUT2D eigenvalue weighted by Crippen LogP contribution is 2.24. The first-order valence-corrected chi connectivity index (χ1v) is 9.04. The zero-order valence-electron chi connectivity index (χ0n) is 15.8. The molecule has 1 aromatic carbocycles. The molecule has 0 spiro atoms. The lowest BCUT2D eigenvalue weighted by Gasteiger charge is -2.12. The van der Waals surface area contributed by atoms with E-state index in [1.54, 1.807) is 12.1 Å². The molecule has 0 aliphatic heterocycles. The highest BCUT2D eigenvalue weighted by molar-refractivity contribution is 5.85. The molecule has 2 aromatic heterocycles. The van der Waals surface area contributed by atoms with E-state index in [-0.39, 0.29) is 18.0 Å². The van der Waals surface area contributed by atoms with Gasteiger partial charge in [0.25, 0.3) is 5.56 Å². The third-order valence-corrected chi connectivity index (χ3v) is 4.50. The smallest absolute Gasteiger partial charge is 0.252 e. The van der Waals surface area contributed by atoms with Crippen molar-refractivity contribution in [2.45, 2.75) is 40.2 Å². The third-order valence-electron chi connectivity index (χ3n) is 4.50. The SMILES string of the molecule is CCCCNC(=O)Cn1c(=O)cc(C)c2c(C)nn(-c3cccc(F)c3)c21. The minimum atomic E-state index is -0.396. The number of amides is 1. The molecule has 0 saturated heterocycles. The van der Waals surface area contributed by atoms with Crippen molar-refractivity contribution >= 4 is 16.9 Å². The fourth-order valence-electron chi connectivity index (χ4n) is 3.21. The van der Waals surface area contributed by atoms with Crippen LogP contribution in [-0.4, -0.2) is 26.8 Å². The third kappa shape index (κ3) is 3.77. The number of hydrogen-bond acceptors (Lipinski definition) is 3. The number of halogens is 1. The monoisotopic (exact) mass is 370 g/mol. The molecule has 0 bridgehead atoms. The number of hydrogen-bond donors (Lipinski definition) is 1. The van der Waals surface area contributed by atoms with Crippen molar-refractivity contribution in [3.8, 4) is 5.69 Å². The Balaban J connectivity index is 2.15. The van der Waals surface area contributed by atoms with Crippen LogP contribution in [0.25, 0.3) is 16.7 Å². The van der Waals surface area contributed by atoms with Crippen LogP contribution in [0.4, 0.5) is 4.39 Å². The van der Waals surface area contributed by atoms with Crippen LogP contribution in [0.2, 0.25) is 0 Å². The summed E-state index contributed by atoms with van der Waals surface area (Å²) in [5.41, 5.74) is 2.19. The van der Waals surface area contributed by atoms with E-state index in [0.29, 0.717) is 23.6 Å². The fraction of sp³-hybridized carbons (Fsp3) is 0.350. The first-order valence-electron chi connectivity index (χ1n) is 9.04. The highest BCUT2D eigenvalue weighted by atomic mass is 19.1. The Morgan fingerprint density at radius 2 is 2.04 bits per heavy atom. The second-order valence-electron chi connectivity index (χ2n) is 6.63. The van der Waals surface area contributed by atoms with E-state index in [4.69, 9.17) is 0 Å². The summed E-state index contributed by atoms with van der Waals surface area (Å²) in [6.07, 6.45) is 1.85. The van der Waals surface area contributed by atoms with Crippen molar-refractivity contribution in [2.24, 2.45) is 0 Å². The Bertz CT molecular complexity index is 1050. The van der Waals surface area contributed by atoms with Crippen molar-refractivity contribution in [3.63, 3.8) is 0 Å². The second-order valence-corrected chi connectivity index (χ2v) is 6.63. The quantitative estimate of drug-likeness (QED) is 0.679. The van der Waals surface area contributed by atoms with Crippen LogP contribution in [0, 0.1) is 19.7 Å². The van der Waals surface area contributed by atoms with Gasteiger partial charge in [0, 0.05) is 18.0 Å². The van der Waals surface area contributed by atoms with E-state index >= 15 is 0 Å². The number of nitrogens with one attached hydrogen (secondary N) is 1. The number of fused-ring (bicyclic) bond motifs is 1.